The second kappa shape index (κ2) is 2.63. The van der Waals surface area contributed by atoms with Crippen LogP contribution in [0.1, 0.15) is 0 Å². The van der Waals surface area contributed by atoms with Crippen molar-refractivity contribution >= 4 is 22.9 Å². The second-order valence-corrected chi connectivity index (χ2v) is 2.83. The molecule has 2 aromatic rings. The van der Waals surface area contributed by atoms with Gasteiger partial charge in [-0.1, -0.05) is 0 Å². The molecule has 2 rings (SSSR count). The van der Waals surface area contributed by atoms with Gasteiger partial charge < -0.3 is 31.8 Å². The molecule has 0 aliphatic heterocycles. The molecule has 0 amide bonds. The van der Waals surface area contributed by atoms with E-state index in [0.29, 0.717) is 11.4 Å². The molecule has 6 nitrogen and oxygen atoms in total. The number of anilines is 4. The van der Waals surface area contributed by atoms with Crippen LogP contribution >= 0.6 is 0 Å². The summed E-state index contributed by atoms with van der Waals surface area (Å²) in [6.45, 7) is 0. The number of rotatable bonds is 1. The topological polar surface area (TPSA) is 130 Å². The van der Waals surface area contributed by atoms with Gasteiger partial charge in [0.15, 0.2) is 11.5 Å². The van der Waals surface area contributed by atoms with Gasteiger partial charge in [0.1, 0.15) is 11.4 Å². The molecule has 0 atom stereocenters. The molecule has 74 valence electrons. The summed E-state index contributed by atoms with van der Waals surface area (Å²) in [5.74, 6) is 0.668. The Bertz CT molecular complexity index is 472. The molecule has 0 unspecified atom stereocenters. The van der Waals surface area contributed by atoms with Gasteiger partial charge in [0.2, 0.25) is 5.88 Å². The lowest BCUT2D eigenvalue weighted by Gasteiger charge is -1.94. The minimum Gasteiger partial charge on any atom is -0.459 e. The normalized spacial score (nSPS) is 10.6. The fourth-order valence-corrected chi connectivity index (χ4v) is 1.15. The third-order valence-corrected chi connectivity index (χ3v) is 1.91. The number of furan rings is 2. The summed E-state index contributed by atoms with van der Waals surface area (Å²) in [6.07, 6.45) is 1.43. The maximum Gasteiger partial charge on any atom is 0.216 e. The number of nitrogen functional groups attached to an aromatic ring is 4. The molecule has 0 aliphatic rings. The molecule has 0 aromatic carbocycles. The Morgan fingerprint density at radius 2 is 1.64 bits per heavy atom. The lowest BCUT2D eigenvalue weighted by Crippen LogP contribution is -1.94. The zero-order valence-electron chi connectivity index (χ0n) is 7.28. The van der Waals surface area contributed by atoms with Crippen LogP contribution in [0.3, 0.4) is 0 Å². The molecule has 6 heteroatoms. The monoisotopic (exact) mass is 194 g/mol. The van der Waals surface area contributed by atoms with Gasteiger partial charge >= 0.3 is 0 Å². The molecule has 2 aromatic heterocycles. The fraction of sp³-hybridized carbons (Fsp3) is 0. The van der Waals surface area contributed by atoms with E-state index in [0.717, 1.165) is 0 Å². The van der Waals surface area contributed by atoms with E-state index in [-0.39, 0.29) is 23.0 Å². The van der Waals surface area contributed by atoms with Gasteiger partial charge in [0, 0.05) is 6.07 Å². The zero-order valence-corrected chi connectivity index (χ0v) is 7.28. The molecule has 0 saturated heterocycles. The quantitative estimate of drug-likeness (QED) is 0.532. The van der Waals surface area contributed by atoms with Crippen LogP contribution in [0.15, 0.2) is 21.2 Å². The first-order chi connectivity index (χ1) is 6.61. The molecule has 14 heavy (non-hydrogen) atoms. The van der Waals surface area contributed by atoms with E-state index < -0.39 is 0 Å². The molecular formula is C8H10N4O2. The zero-order chi connectivity index (χ0) is 10.3. The highest BCUT2D eigenvalue weighted by atomic mass is 16.4. The molecular weight excluding hydrogens is 184 g/mol. The van der Waals surface area contributed by atoms with Gasteiger partial charge in [-0.05, 0) is 0 Å². The van der Waals surface area contributed by atoms with E-state index in [9.17, 15) is 0 Å². The van der Waals surface area contributed by atoms with Crippen LogP contribution in [0.4, 0.5) is 22.9 Å². The van der Waals surface area contributed by atoms with Crippen LogP contribution in [0, 0.1) is 0 Å². The summed E-state index contributed by atoms with van der Waals surface area (Å²) in [4.78, 5) is 0. The lowest BCUT2D eigenvalue weighted by atomic mass is 10.2. The summed E-state index contributed by atoms with van der Waals surface area (Å²) in [6, 6.07) is 1.59. The minimum atomic E-state index is 0.0632. The number of hydrogen-bond acceptors (Lipinski definition) is 6. The van der Waals surface area contributed by atoms with Gasteiger partial charge in [-0.3, -0.25) is 0 Å². The Hall–Kier alpha value is -2.24. The summed E-state index contributed by atoms with van der Waals surface area (Å²) in [5.41, 5.74) is 23.1. The van der Waals surface area contributed by atoms with Crippen molar-refractivity contribution in [3.05, 3.63) is 12.3 Å². The molecule has 0 spiro atoms. The first-order valence-corrected chi connectivity index (χ1v) is 3.87. The Labute approximate surface area is 79.4 Å². The van der Waals surface area contributed by atoms with Crippen molar-refractivity contribution in [2.75, 3.05) is 22.9 Å². The van der Waals surface area contributed by atoms with Crippen LogP contribution in [-0.2, 0) is 0 Å². The maximum atomic E-state index is 5.65. The average molecular weight is 194 g/mol. The van der Waals surface area contributed by atoms with Crippen molar-refractivity contribution in [2.45, 2.75) is 0 Å². The predicted molar refractivity (Wildman–Crippen MR) is 54.1 cm³/mol. The second-order valence-electron chi connectivity index (χ2n) is 2.83. The molecule has 8 N–H and O–H groups in total. The largest absolute Gasteiger partial charge is 0.459 e. The van der Waals surface area contributed by atoms with Crippen molar-refractivity contribution in [3.63, 3.8) is 0 Å². The van der Waals surface area contributed by atoms with E-state index in [1.165, 1.54) is 6.26 Å². The lowest BCUT2D eigenvalue weighted by molar-refractivity contribution is 0.535. The highest BCUT2D eigenvalue weighted by molar-refractivity contribution is 5.88. The molecule has 0 bridgehead atoms. The van der Waals surface area contributed by atoms with Crippen LogP contribution in [0.5, 0.6) is 0 Å². The molecule has 0 aliphatic carbocycles. The van der Waals surface area contributed by atoms with E-state index in [1.54, 1.807) is 6.07 Å². The van der Waals surface area contributed by atoms with Crippen molar-refractivity contribution < 1.29 is 8.83 Å². The highest BCUT2D eigenvalue weighted by Crippen LogP contribution is 2.39. The SMILES string of the molecule is Nc1ccoc1-c1oc(N)c(N)c1N. The Balaban J connectivity index is 2.63. The fourth-order valence-electron chi connectivity index (χ4n) is 1.15. The smallest absolute Gasteiger partial charge is 0.216 e. The van der Waals surface area contributed by atoms with Gasteiger partial charge in [-0.2, -0.15) is 0 Å². The molecule has 0 radical (unpaired) electrons. The predicted octanol–water partition coefficient (Wildman–Crippen LogP) is 0.868. The summed E-state index contributed by atoms with van der Waals surface area (Å²) >= 11 is 0. The third-order valence-electron chi connectivity index (χ3n) is 1.91. The minimum absolute atomic E-state index is 0.0632. The van der Waals surface area contributed by atoms with E-state index >= 15 is 0 Å². The summed E-state index contributed by atoms with van der Waals surface area (Å²) < 4.78 is 10.2. The Morgan fingerprint density at radius 3 is 2.07 bits per heavy atom. The summed E-state index contributed by atoms with van der Waals surface area (Å²) in [5, 5.41) is 0. The molecule has 2 heterocycles. The van der Waals surface area contributed by atoms with Gasteiger partial charge in [-0.25, -0.2) is 0 Å². The van der Waals surface area contributed by atoms with Crippen molar-refractivity contribution in [1.82, 2.24) is 0 Å². The van der Waals surface area contributed by atoms with Crippen LogP contribution in [0.25, 0.3) is 11.5 Å². The maximum absolute atomic E-state index is 5.65. The van der Waals surface area contributed by atoms with Gasteiger partial charge in [0.25, 0.3) is 0 Å². The first kappa shape index (κ1) is 8.36. The van der Waals surface area contributed by atoms with Gasteiger partial charge in [-0.15, -0.1) is 0 Å². The molecule has 0 saturated carbocycles. The Kier molecular flexibility index (Phi) is 1.57. The van der Waals surface area contributed by atoms with Crippen LogP contribution in [0.2, 0.25) is 0 Å². The molecule has 0 fully saturated rings. The van der Waals surface area contributed by atoms with Crippen molar-refractivity contribution in [2.24, 2.45) is 0 Å². The Morgan fingerprint density at radius 1 is 0.929 bits per heavy atom. The van der Waals surface area contributed by atoms with Crippen LogP contribution < -0.4 is 22.9 Å². The van der Waals surface area contributed by atoms with E-state index in [1.807, 2.05) is 0 Å². The van der Waals surface area contributed by atoms with Crippen molar-refractivity contribution in [3.8, 4) is 11.5 Å². The highest BCUT2D eigenvalue weighted by Gasteiger charge is 2.19. The standard InChI is InChI=1S/C8H10N4O2/c9-3-1-2-13-6(3)7-4(10)5(11)8(12)14-7/h1-2H,9-12H2. The van der Waals surface area contributed by atoms with Crippen molar-refractivity contribution in [1.29, 1.82) is 0 Å². The summed E-state index contributed by atoms with van der Waals surface area (Å²) in [7, 11) is 0. The number of nitrogens with two attached hydrogens (primary N) is 4. The van der Waals surface area contributed by atoms with E-state index in [2.05, 4.69) is 0 Å². The van der Waals surface area contributed by atoms with Gasteiger partial charge in [0.05, 0.1) is 12.0 Å². The number of hydrogen-bond donors (Lipinski definition) is 4. The van der Waals surface area contributed by atoms with Crippen LogP contribution in [-0.4, -0.2) is 0 Å². The van der Waals surface area contributed by atoms with E-state index in [4.69, 9.17) is 31.8 Å². The first-order valence-electron chi connectivity index (χ1n) is 3.87. The average Bonchev–Trinajstić information content (AvgIpc) is 2.66. The third kappa shape index (κ3) is 0.972.